The fourth-order valence-electron chi connectivity index (χ4n) is 1.48. The SMILES string of the molecule is CSC(=NCc1ccc(C(C)(C)C)cc1)NC#N. The zero-order valence-electron chi connectivity index (χ0n) is 11.3. The summed E-state index contributed by atoms with van der Waals surface area (Å²) < 4.78 is 0. The molecule has 1 rings (SSSR count). The molecule has 0 spiro atoms. The average molecular weight is 261 g/mol. The fourth-order valence-corrected chi connectivity index (χ4v) is 1.82. The molecule has 0 fully saturated rings. The second-order valence-electron chi connectivity index (χ2n) is 5.01. The van der Waals surface area contributed by atoms with Gasteiger partial charge in [-0.1, -0.05) is 56.8 Å². The molecule has 0 atom stereocenters. The van der Waals surface area contributed by atoms with E-state index in [-0.39, 0.29) is 5.41 Å². The quantitative estimate of drug-likeness (QED) is 0.385. The van der Waals surface area contributed by atoms with Gasteiger partial charge < -0.3 is 0 Å². The summed E-state index contributed by atoms with van der Waals surface area (Å²) in [5.41, 5.74) is 2.64. The van der Waals surface area contributed by atoms with Crippen LogP contribution in [0.2, 0.25) is 0 Å². The number of hydrogen-bond acceptors (Lipinski definition) is 3. The Kier molecular flexibility index (Phi) is 5.24. The number of nitrogens with zero attached hydrogens (tertiary/aromatic N) is 2. The molecule has 0 amide bonds. The van der Waals surface area contributed by atoms with Crippen molar-refractivity contribution in [2.75, 3.05) is 6.26 Å². The van der Waals surface area contributed by atoms with Gasteiger partial charge in [0, 0.05) is 0 Å². The molecule has 3 nitrogen and oxygen atoms in total. The van der Waals surface area contributed by atoms with Gasteiger partial charge in [0.1, 0.15) is 0 Å². The molecule has 0 aliphatic carbocycles. The minimum Gasteiger partial charge on any atom is -0.272 e. The first-order valence-electron chi connectivity index (χ1n) is 5.80. The third-order valence-corrected chi connectivity index (χ3v) is 3.20. The molecule has 1 aromatic rings. The maximum absolute atomic E-state index is 8.54. The van der Waals surface area contributed by atoms with Crippen LogP contribution in [0, 0.1) is 11.5 Å². The summed E-state index contributed by atoms with van der Waals surface area (Å²) >= 11 is 1.44. The highest BCUT2D eigenvalue weighted by atomic mass is 32.2. The number of thioether (sulfide) groups is 1. The van der Waals surface area contributed by atoms with Crippen molar-refractivity contribution in [3.63, 3.8) is 0 Å². The lowest BCUT2D eigenvalue weighted by Crippen LogP contribution is -2.13. The highest BCUT2D eigenvalue weighted by Crippen LogP contribution is 2.22. The fraction of sp³-hybridized carbons (Fsp3) is 0.429. The molecule has 0 saturated carbocycles. The van der Waals surface area contributed by atoms with E-state index in [0.717, 1.165) is 5.56 Å². The number of nitrogens with one attached hydrogen (secondary N) is 1. The van der Waals surface area contributed by atoms with Crippen molar-refractivity contribution >= 4 is 16.9 Å². The Morgan fingerprint density at radius 2 is 1.94 bits per heavy atom. The monoisotopic (exact) mass is 261 g/mol. The van der Waals surface area contributed by atoms with Crippen LogP contribution in [0.4, 0.5) is 0 Å². The Balaban J connectivity index is 2.73. The molecular formula is C14H19N3S. The van der Waals surface area contributed by atoms with Crippen LogP contribution < -0.4 is 5.32 Å². The lowest BCUT2D eigenvalue weighted by atomic mass is 9.87. The molecular weight excluding hydrogens is 242 g/mol. The third kappa shape index (κ3) is 4.42. The van der Waals surface area contributed by atoms with Gasteiger partial charge >= 0.3 is 0 Å². The number of aliphatic imine (C=N–C) groups is 1. The molecule has 18 heavy (non-hydrogen) atoms. The topological polar surface area (TPSA) is 48.2 Å². The molecule has 0 unspecified atom stereocenters. The lowest BCUT2D eigenvalue weighted by Gasteiger charge is -2.18. The van der Waals surface area contributed by atoms with Crippen LogP contribution in [-0.2, 0) is 12.0 Å². The first kappa shape index (κ1) is 14.6. The standard InChI is InChI=1S/C14H19N3S/c1-14(2,3)12-7-5-11(6-8-12)9-16-13(18-4)17-10-15/h5-8H,9H2,1-4H3,(H,16,17). The molecule has 1 N–H and O–H groups in total. The van der Waals surface area contributed by atoms with Crippen molar-refractivity contribution in [1.29, 1.82) is 5.26 Å². The summed E-state index contributed by atoms with van der Waals surface area (Å²) in [5, 5.41) is 11.7. The second kappa shape index (κ2) is 6.46. The largest absolute Gasteiger partial charge is 0.272 e. The summed E-state index contributed by atoms with van der Waals surface area (Å²) in [5.74, 6) is 0. The molecule has 0 radical (unpaired) electrons. The van der Waals surface area contributed by atoms with Gasteiger partial charge in [-0.15, -0.1) is 0 Å². The highest BCUT2D eigenvalue weighted by molar-refractivity contribution is 8.13. The number of hydrogen-bond donors (Lipinski definition) is 1. The van der Waals surface area contributed by atoms with E-state index in [4.69, 9.17) is 5.26 Å². The Bertz CT molecular complexity index is 449. The molecule has 4 heteroatoms. The van der Waals surface area contributed by atoms with Gasteiger partial charge in [0.25, 0.3) is 0 Å². The van der Waals surface area contributed by atoms with Crippen LogP contribution in [-0.4, -0.2) is 11.4 Å². The van der Waals surface area contributed by atoms with Crippen LogP contribution in [0.3, 0.4) is 0 Å². The normalized spacial score (nSPS) is 12.1. The molecule has 0 heterocycles. The van der Waals surface area contributed by atoms with Crippen LogP contribution >= 0.6 is 11.8 Å². The second-order valence-corrected chi connectivity index (χ2v) is 5.80. The molecule has 1 aromatic carbocycles. The van der Waals surface area contributed by atoms with Gasteiger partial charge in [-0.2, -0.15) is 5.26 Å². The molecule has 0 saturated heterocycles. The molecule has 0 aliphatic rings. The number of rotatable bonds is 2. The Hall–Kier alpha value is -1.47. The maximum Gasteiger partial charge on any atom is 0.183 e. The van der Waals surface area contributed by atoms with Crippen molar-refractivity contribution in [2.24, 2.45) is 4.99 Å². The summed E-state index contributed by atoms with van der Waals surface area (Å²) in [4.78, 5) is 4.34. The Morgan fingerprint density at radius 1 is 1.33 bits per heavy atom. The first-order chi connectivity index (χ1) is 8.47. The molecule has 0 aromatic heterocycles. The molecule has 0 bridgehead atoms. The van der Waals surface area contributed by atoms with Crippen LogP contribution in [0.15, 0.2) is 29.3 Å². The van der Waals surface area contributed by atoms with Crippen LogP contribution in [0.1, 0.15) is 31.9 Å². The maximum atomic E-state index is 8.54. The molecule has 0 aliphatic heterocycles. The van der Waals surface area contributed by atoms with Crippen molar-refractivity contribution in [2.45, 2.75) is 32.7 Å². The zero-order chi connectivity index (χ0) is 13.6. The summed E-state index contributed by atoms with van der Waals surface area (Å²) in [7, 11) is 0. The summed E-state index contributed by atoms with van der Waals surface area (Å²) in [6.07, 6.45) is 3.78. The van der Waals surface area contributed by atoms with Crippen molar-refractivity contribution in [3.05, 3.63) is 35.4 Å². The van der Waals surface area contributed by atoms with Crippen LogP contribution in [0.25, 0.3) is 0 Å². The van der Waals surface area contributed by atoms with Gasteiger partial charge in [0.15, 0.2) is 11.4 Å². The van der Waals surface area contributed by atoms with E-state index < -0.39 is 0 Å². The van der Waals surface area contributed by atoms with Gasteiger partial charge in [-0.3, -0.25) is 10.3 Å². The Morgan fingerprint density at radius 3 is 2.39 bits per heavy atom. The highest BCUT2D eigenvalue weighted by Gasteiger charge is 2.12. The third-order valence-electron chi connectivity index (χ3n) is 2.58. The van der Waals surface area contributed by atoms with Gasteiger partial charge in [-0.25, -0.2) is 0 Å². The summed E-state index contributed by atoms with van der Waals surface area (Å²) in [6.45, 7) is 7.18. The minimum absolute atomic E-state index is 0.175. The first-order valence-corrected chi connectivity index (χ1v) is 7.03. The average Bonchev–Trinajstić information content (AvgIpc) is 2.34. The molecule has 96 valence electrons. The number of nitriles is 1. The van der Waals surface area contributed by atoms with E-state index in [9.17, 15) is 0 Å². The lowest BCUT2D eigenvalue weighted by molar-refractivity contribution is 0.590. The predicted octanol–water partition coefficient (Wildman–Crippen LogP) is 3.27. The van der Waals surface area contributed by atoms with Gasteiger partial charge in [0.05, 0.1) is 6.54 Å². The van der Waals surface area contributed by atoms with E-state index in [1.54, 1.807) is 0 Å². The number of amidine groups is 1. The van der Waals surface area contributed by atoms with E-state index in [0.29, 0.717) is 11.7 Å². The smallest absolute Gasteiger partial charge is 0.183 e. The predicted molar refractivity (Wildman–Crippen MR) is 78.5 cm³/mol. The van der Waals surface area contributed by atoms with Gasteiger partial charge in [-0.05, 0) is 22.8 Å². The zero-order valence-corrected chi connectivity index (χ0v) is 12.1. The van der Waals surface area contributed by atoms with Crippen molar-refractivity contribution < 1.29 is 0 Å². The van der Waals surface area contributed by atoms with E-state index in [1.807, 2.05) is 12.4 Å². The van der Waals surface area contributed by atoms with E-state index in [1.165, 1.54) is 17.3 Å². The van der Waals surface area contributed by atoms with Gasteiger partial charge in [0.2, 0.25) is 0 Å². The Labute approximate surface area is 113 Å². The minimum atomic E-state index is 0.175. The van der Waals surface area contributed by atoms with Crippen molar-refractivity contribution in [1.82, 2.24) is 5.32 Å². The number of benzene rings is 1. The van der Waals surface area contributed by atoms with Crippen LogP contribution in [0.5, 0.6) is 0 Å². The van der Waals surface area contributed by atoms with E-state index >= 15 is 0 Å². The van der Waals surface area contributed by atoms with E-state index in [2.05, 4.69) is 55.3 Å². The van der Waals surface area contributed by atoms with Crippen molar-refractivity contribution in [3.8, 4) is 6.19 Å². The summed E-state index contributed by atoms with van der Waals surface area (Å²) in [6, 6.07) is 8.46.